The fourth-order valence-corrected chi connectivity index (χ4v) is 6.37. The quantitative estimate of drug-likeness (QED) is 0.348. The normalized spacial score (nSPS) is 22.6. The van der Waals surface area contributed by atoms with Crippen molar-refractivity contribution >= 4 is 46.0 Å². The fraction of sp³-hybridized carbons (Fsp3) is 0.478. The maximum Gasteiger partial charge on any atom is 0.348 e. The molecule has 0 fully saturated rings. The molecule has 1 aromatic carbocycles. The van der Waals surface area contributed by atoms with Gasteiger partial charge in [-0.15, -0.1) is 6.58 Å². The van der Waals surface area contributed by atoms with Gasteiger partial charge in [-0.25, -0.2) is 8.42 Å². The van der Waals surface area contributed by atoms with E-state index in [-0.39, 0.29) is 28.2 Å². The van der Waals surface area contributed by atoms with Crippen molar-refractivity contribution in [2.45, 2.75) is 46.6 Å². The van der Waals surface area contributed by atoms with Crippen molar-refractivity contribution in [1.29, 1.82) is 0 Å². The number of rotatable bonds is 8. The first-order chi connectivity index (χ1) is 16.1. The van der Waals surface area contributed by atoms with Gasteiger partial charge in [0.1, 0.15) is 11.3 Å². The molecule has 1 amide bonds. The second-order valence-electron chi connectivity index (χ2n) is 9.97. The average molecular weight is 525 g/mol. The summed E-state index contributed by atoms with van der Waals surface area (Å²) < 4.78 is 48.7. The first-order valence-corrected chi connectivity index (χ1v) is 14.6. The zero-order valence-corrected chi connectivity index (χ0v) is 22.6. The van der Waals surface area contributed by atoms with Gasteiger partial charge in [-0.05, 0) is 43.4 Å². The van der Waals surface area contributed by atoms with Gasteiger partial charge in [0.2, 0.25) is 10.0 Å². The summed E-state index contributed by atoms with van der Waals surface area (Å²) in [5, 5.41) is 14.4. The number of nitrogens with zero attached hydrogens (tertiary/aromatic N) is 2. The first kappa shape index (κ1) is 27.0. The second-order valence-corrected chi connectivity index (χ2v) is 13.8. The molecule has 2 aliphatic heterocycles. The topological polar surface area (TPSA) is 137 Å². The molecule has 1 aromatic rings. The Morgan fingerprint density at radius 2 is 2.03 bits per heavy atom. The lowest BCUT2D eigenvalue weighted by Gasteiger charge is -2.35. The molecule has 2 atom stereocenters. The van der Waals surface area contributed by atoms with Gasteiger partial charge in [-0.1, -0.05) is 26.3 Å². The van der Waals surface area contributed by atoms with Crippen molar-refractivity contribution in [3.63, 3.8) is 0 Å². The Balaban J connectivity index is 2.05. The molecule has 0 aromatic heterocycles. The molecule has 192 valence electrons. The molecule has 3 N–H and O–H groups in total. The molecule has 2 aliphatic rings. The van der Waals surface area contributed by atoms with Crippen LogP contribution in [0, 0.1) is 5.41 Å². The third-order valence-electron chi connectivity index (χ3n) is 5.70. The molecule has 2 heterocycles. The van der Waals surface area contributed by atoms with Crippen LogP contribution in [-0.4, -0.2) is 56.1 Å². The minimum absolute atomic E-state index is 0.0503. The monoisotopic (exact) mass is 524 g/mol. The van der Waals surface area contributed by atoms with E-state index in [1.165, 1.54) is 25.3 Å². The van der Waals surface area contributed by atoms with Gasteiger partial charge in [0.15, 0.2) is 5.84 Å². The molecule has 35 heavy (non-hydrogen) atoms. The highest BCUT2D eigenvalue weighted by Crippen LogP contribution is 2.52. The Kier molecular flexibility index (Phi) is 7.28. The minimum Gasteiger partial charge on any atom is -0.509 e. The molecule has 3 rings (SSSR count). The highest BCUT2D eigenvalue weighted by atomic mass is 32.2. The standard InChI is InChI=1S/C23H33N4O6PS/c1-14(2)9-8-12-27-20(23(3,4)5)19(28)18(22(27)29)21-24-16-11-10-15(26-35(7,31)32)13-17(16)34(30,25-21)33-6/h10-11,13,20,26,28H,1,8-9,12H2,2-7H3,(H,24,25,30). The number of carbonyl (C=O) groups is 1. The molecule has 0 aliphatic carbocycles. The van der Waals surface area contributed by atoms with Crippen LogP contribution in [0.1, 0.15) is 40.5 Å². The highest BCUT2D eigenvalue weighted by Gasteiger charge is 2.48. The molecule has 0 radical (unpaired) electrons. The molecule has 2 unspecified atom stereocenters. The summed E-state index contributed by atoms with van der Waals surface area (Å²) in [6.07, 6.45) is 2.43. The number of fused-ring (bicyclic) bond motifs is 1. The number of sulfonamides is 1. The first-order valence-electron chi connectivity index (χ1n) is 11.1. The van der Waals surface area contributed by atoms with Crippen LogP contribution in [0.25, 0.3) is 0 Å². The molecule has 12 heteroatoms. The van der Waals surface area contributed by atoms with Crippen LogP contribution in [0.15, 0.2) is 46.4 Å². The van der Waals surface area contributed by atoms with Crippen LogP contribution in [0.5, 0.6) is 0 Å². The van der Waals surface area contributed by atoms with Crippen LogP contribution < -0.4 is 15.3 Å². The van der Waals surface area contributed by atoms with Crippen LogP contribution in [0.4, 0.5) is 11.4 Å². The predicted molar refractivity (Wildman–Crippen MR) is 139 cm³/mol. The van der Waals surface area contributed by atoms with Crippen molar-refractivity contribution in [3.8, 4) is 0 Å². The van der Waals surface area contributed by atoms with E-state index in [9.17, 15) is 22.9 Å². The number of aliphatic hydroxyl groups excluding tert-OH is 1. The lowest BCUT2D eigenvalue weighted by molar-refractivity contribution is -0.128. The number of amides is 1. The summed E-state index contributed by atoms with van der Waals surface area (Å²) in [5.74, 6) is -0.618. The molecule has 0 bridgehead atoms. The van der Waals surface area contributed by atoms with Crippen LogP contribution in [0.3, 0.4) is 0 Å². The molecular weight excluding hydrogens is 491 g/mol. The molecule has 0 spiro atoms. The van der Waals surface area contributed by atoms with E-state index < -0.39 is 34.9 Å². The zero-order valence-electron chi connectivity index (χ0n) is 20.9. The molecule has 0 saturated heterocycles. The van der Waals surface area contributed by atoms with Crippen molar-refractivity contribution in [1.82, 2.24) is 4.90 Å². The van der Waals surface area contributed by atoms with Crippen LogP contribution >= 0.6 is 7.52 Å². The summed E-state index contributed by atoms with van der Waals surface area (Å²) in [7, 11) is -6.23. The van der Waals surface area contributed by atoms with Crippen molar-refractivity contribution in [2.24, 2.45) is 10.2 Å². The van der Waals surface area contributed by atoms with Gasteiger partial charge in [0.25, 0.3) is 5.91 Å². The third kappa shape index (κ3) is 5.63. The van der Waals surface area contributed by atoms with E-state index in [0.717, 1.165) is 18.2 Å². The van der Waals surface area contributed by atoms with Gasteiger partial charge in [-0.2, -0.15) is 4.76 Å². The smallest absolute Gasteiger partial charge is 0.348 e. The summed E-state index contributed by atoms with van der Waals surface area (Å²) in [6, 6.07) is 3.79. The maximum atomic E-state index is 13.7. The maximum absolute atomic E-state index is 13.7. The van der Waals surface area contributed by atoms with Gasteiger partial charge in [0.05, 0.1) is 23.3 Å². The number of hydrogen-bond donors (Lipinski definition) is 3. The van der Waals surface area contributed by atoms with Crippen LogP contribution in [-0.2, 0) is 23.9 Å². The third-order valence-corrected chi connectivity index (χ3v) is 8.24. The lowest BCUT2D eigenvalue weighted by Crippen LogP contribution is -2.44. The fourth-order valence-electron chi connectivity index (χ4n) is 4.28. The zero-order chi connectivity index (χ0) is 26.3. The van der Waals surface area contributed by atoms with Gasteiger partial charge >= 0.3 is 7.52 Å². The molecule has 10 nitrogen and oxygen atoms in total. The Morgan fingerprint density at radius 1 is 1.37 bits per heavy atom. The van der Waals surface area contributed by atoms with Crippen molar-refractivity contribution in [2.75, 3.05) is 29.9 Å². The van der Waals surface area contributed by atoms with Gasteiger partial charge in [-0.3, -0.25) is 14.1 Å². The number of anilines is 2. The Labute approximate surface area is 206 Å². The summed E-state index contributed by atoms with van der Waals surface area (Å²) >= 11 is 0. The van der Waals surface area contributed by atoms with E-state index in [0.29, 0.717) is 18.7 Å². The number of amidine groups is 1. The Hall–Kier alpha value is -2.62. The highest BCUT2D eigenvalue weighted by molar-refractivity contribution is 7.92. The van der Waals surface area contributed by atoms with E-state index in [1.807, 2.05) is 27.7 Å². The van der Waals surface area contributed by atoms with E-state index >= 15 is 0 Å². The number of allylic oxidation sites excluding steroid dienone is 1. The predicted octanol–water partition coefficient (Wildman–Crippen LogP) is 3.77. The minimum atomic E-state index is -3.89. The summed E-state index contributed by atoms with van der Waals surface area (Å²) in [6.45, 7) is 12.0. The van der Waals surface area contributed by atoms with Crippen LogP contribution in [0.2, 0.25) is 0 Å². The molecule has 0 saturated carbocycles. The van der Waals surface area contributed by atoms with E-state index in [4.69, 9.17) is 4.52 Å². The number of aliphatic hydroxyl groups is 1. The second kappa shape index (κ2) is 9.44. The van der Waals surface area contributed by atoms with Crippen molar-refractivity contribution < 1.29 is 27.4 Å². The largest absolute Gasteiger partial charge is 0.509 e. The lowest BCUT2D eigenvalue weighted by atomic mass is 9.85. The van der Waals surface area contributed by atoms with Crippen molar-refractivity contribution in [3.05, 3.63) is 41.7 Å². The van der Waals surface area contributed by atoms with Gasteiger partial charge < -0.3 is 19.8 Å². The SMILES string of the molecule is C=C(C)CCCN1C(=O)C(C2=NP(=O)(OC)c3cc(NS(C)(=O)=O)ccc3N2)=C(O)C1C(C)(C)C. The van der Waals surface area contributed by atoms with Gasteiger partial charge in [0, 0.05) is 19.3 Å². The Morgan fingerprint density at radius 3 is 2.57 bits per heavy atom. The average Bonchev–Trinajstić information content (AvgIpc) is 2.96. The number of hydrogen-bond acceptors (Lipinski definition) is 7. The van der Waals surface area contributed by atoms with E-state index in [2.05, 4.69) is 21.4 Å². The van der Waals surface area contributed by atoms with E-state index in [1.54, 1.807) is 4.90 Å². The Bertz CT molecular complexity index is 1280. The number of nitrogens with one attached hydrogen (secondary N) is 2. The summed E-state index contributed by atoms with van der Waals surface area (Å²) in [5.41, 5.74) is 0.998. The summed E-state index contributed by atoms with van der Waals surface area (Å²) in [4.78, 5) is 15.1. The number of benzene rings is 1. The molecular formula is C23H33N4O6PS. The number of carbonyl (C=O) groups excluding carboxylic acids is 1.